The number of hydrogen-bond donors (Lipinski definition) is 3. The molecule has 0 saturated heterocycles. The van der Waals surface area contributed by atoms with E-state index in [9.17, 15) is 4.79 Å². The standard InChI is InChI=1S/C6H12N2O2/c1-7-4-5(8-2)3-6(9)10/h3,7-8H,4H2,1-2H3,(H,9,10). The lowest BCUT2D eigenvalue weighted by atomic mass is 10.4. The molecule has 0 aromatic heterocycles. The zero-order chi connectivity index (χ0) is 7.98. The summed E-state index contributed by atoms with van der Waals surface area (Å²) in [5.41, 5.74) is 0.662. The van der Waals surface area contributed by atoms with Crippen LogP contribution in [0, 0.1) is 0 Å². The lowest BCUT2D eigenvalue weighted by Gasteiger charge is -2.02. The van der Waals surface area contributed by atoms with Crippen LogP contribution in [-0.4, -0.2) is 31.7 Å². The Labute approximate surface area is 59.9 Å². The molecule has 4 nitrogen and oxygen atoms in total. The van der Waals surface area contributed by atoms with Gasteiger partial charge in [0.05, 0.1) is 0 Å². The molecule has 0 bridgehead atoms. The zero-order valence-electron chi connectivity index (χ0n) is 6.14. The predicted octanol–water partition coefficient (Wildman–Crippen LogP) is -0.606. The Balaban J connectivity index is 3.91. The maximum absolute atomic E-state index is 10.1. The molecule has 0 aliphatic heterocycles. The number of carboxylic acids is 1. The van der Waals surface area contributed by atoms with Crippen molar-refractivity contribution < 1.29 is 9.90 Å². The molecular formula is C6H12N2O2. The van der Waals surface area contributed by atoms with Gasteiger partial charge in [-0.25, -0.2) is 4.79 Å². The van der Waals surface area contributed by atoms with Crippen LogP contribution in [0.2, 0.25) is 0 Å². The van der Waals surface area contributed by atoms with Gasteiger partial charge < -0.3 is 15.7 Å². The van der Waals surface area contributed by atoms with Crippen LogP contribution in [0.15, 0.2) is 11.8 Å². The van der Waals surface area contributed by atoms with Gasteiger partial charge in [-0.3, -0.25) is 0 Å². The minimum absolute atomic E-state index is 0.544. The van der Waals surface area contributed by atoms with Crippen molar-refractivity contribution >= 4 is 5.97 Å². The van der Waals surface area contributed by atoms with Crippen molar-refractivity contribution in [3.05, 3.63) is 11.8 Å². The van der Waals surface area contributed by atoms with E-state index >= 15 is 0 Å². The molecule has 0 spiro atoms. The first-order valence-electron chi connectivity index (χ1n) is 2.96. The molecule has 10 heavy (non-hydrogen) atoms. The Bertz CT molecular complexity index is 143. The van der Waals surface area contributed by atoms with Gasteiger partial charge in [-0.05, 0) is 7.05 Å². The van der Waals surface area contributed by atoms with Crippen molar-refractivity contribution in [3.8, 4) is 0 Å². The molecule has 0 aliphatic carbocycles. The molecule has 0 radical (unpaired) electrons. The first kappa shape index (κ1) is 8.97. The second-order valence-corrected chi connectivity index (χ2v) is 1.79. The molecule has 0 rings (SSSR count). The smallest absolute Gasteiger partial charge is 0.330 e. The van der Waals surface area contributed by atoms with E-state index in [0.29, 0.717) is 12.2 Å². The quantitative estimate of drug-likeness (QED) is 0.461. The first-order chi connectivity index (χ1) is 4.70. The van der Waals surface area contributed by atoms with E-state index in [1.54, 1.807) is 14.1 Å². The Morgan fingerprint density at radius 1 is 1.60 bits per heavy atom. The number of hydrogen-bond acceptors (Lipinski definition) is 3. The second kappa shape index (κ2) is 4.81. The van der Waals surface area contributed by atoms with Gasteiger partial charge in [0, 0.05) is 25.4 Å². The van der Waals surface area contributed by atoms with Crippen LogP contribution in [0.3, 0.4) is 0 Å². The Kier molecular flexibility index (Phi) is 4.32. The predicted molar refractivity (Wildman–Crippen MR) is 38.7 cm³/mol. The Morgan fingerprint density at radius 2 is 2.20 bits per heavy atom. The fraction of sp³-hybridized carbons (Fsp3) is 0.500. The Morgan fingerprint density at radius 3 is 2.50 bits per heavy atom. The van der Waals surface area contributed by atoms with Crippen LogP contribution in [0.4, 0.5) is 0 Å². The number of nitrogens with one attached hydrogen (secondary N) is 2. The number of carboxylic acid groups (broad SMARTS) is 1. The lowest BCUT2D eigenvalue weighted by Crippen LogP contribution is -2.20. The monoisotopic (exact) mass is 144 g/mol. The van der Waals surface area contributed by atoms with E-state index in [-0.39, 0.29) is 0 Å². The van der Waals surface area contributed by atoms with Crippen molar-refractivity contribution in [3.63, 3.8) is 0 Å². The summed E-state index contributed by atoms with van der Waals surface area (Å²) >= 11 is 0. The highest BCUT2D eigenvalue weighted by Crippen LogP contribution is 1.83. The van der Waals surface area contributed by atoms with Gasteiger partial charge in [0.1, 0.15) is 0 Å². The number of rotatable bonds is 4. The number of carbonyl (C=O) groups is 1. The molecule has 0 unspecified atom stereocenters. The summed E-state index contributed by atoms with van der Waals surface area (Å²) in [5.74, 6) is -0.931. The molecular weight excluding hydrogens is 132 g/mol. The molecule has 58 valence electrons. The average molecular weight is 144 g/mol. The summed E-state index contributed by atoms with van der Waals surface area (Å²) in [5, 5.41) is 13.9. The van der Waals surface area contributed by atoms with Crippen molar-refractivity contribution in [2.75, 3.05) is 20.6 Å². The van der Waals surface area contributed by atoms with Gasteiger partial charge in [0.25, 0.3) is 0 Å². The van der Waals surface area contributed by atoms with Crippen LogP contribution < -0.4 is 10.6 Å². The molecule has 4 heteroatoms. The van der Waals surface area contributed by atoms with E-state index in [1.807, 2.05) is 0 Å². The topological polar surface area (TPSA) is 61.4 Å². The van der Waals surface area contributed by atoms with Crippen molar-refractivity contribution in [2.24, 2.45) is 0 Å². The Hall–Kier alpha value is -1.03. The van der Waals surface area contributed by atoms with E-state index < -0.39 is 5.97 Å². The summed E-state index contributed by atoms with van der Waals surface area (Å²) in [6.45, 7) is 0.544. The minimum Gasteiger partial charge on any atom is -0.478 e. The molecule has 0 aliphatic rings. The first-order valence-corrected chi connectivity index (χ1v) is 2.96. The molecule has 0 atom stereocenters. The molecule has 0 saturated carbocycles. The van der Waals surface area contributed by atoms with Gasteiger partial charge >= 0.3 is 5.97 Å². The van der Waals surface area contributed by atoms with Gasteiger partial charge in [0.15, 0.2) is 0 Å². The van der Waals surface area contributed by atoms with Gasteiger partial charge in [-0.15, -0.1) is 0 Å². The molecule has 0 heterocycles. The third-order valence-electron chi connectivity index (χ3n) is 0.986. The highest BCUT2D eigenvalue weighted by atomic mass is 16.4. The summed E-state index contributed by atoms with van der Waals surface area (Å²) < 4.78 is 0. The van der Waals surface area contributed by atoms with E-state index in [2.05, 4.69) is 10.6 Å². The van der Waals surface area contributed by atoms with Crippen LogP contribution in [0.1, 0.15) is 0 Å². The van der Waals surface area contributed by atoms with Gasteiger partial charge in [0.2, 0.25) is 0 Å². The summed E-state index contributed by atoms with van der Waals surface area (Å²) in [6, 6.07) is 0. The second-order valence-electron chi connectivity index (χ2n) is 1.79. The summed E-state index contributed by atoms with van der Waals surface area (Å²) in [4.78, 5) is 10.1. The van der Waals surface area contributed by atoms with E-state index in [4.69, 9.17) is 5.11 Å². The summed E-state index contributed by atoms with van der Waals surface area (Å²) in [7, 11) is 3.44. The van der Waals surface area contributed by atoms with Crippen LogP contribution in [0.5, 0.6) is 0 Å². The average Bonchev–Trinajstić information content (AvgIpc) is 1.86. The maximum Gasteiger partial charge on any atom is 0.330 e. The van der Waals surface area contributed by atoms with Crippen LogP contribution in [0.25, 0.3) is 0 Å². The van der Waals surface area contributed by atoms with Crippen molar-refractivity contribution in [1.82, 2.24) is 10.6 Å². The zero-order valence-corrected chi connectivity index (χ0v) is 6.14. The van der Waals surface area contributed by atoms with Crippen molar-refractivity contribution in [2.45, 2.75) is 0 Å². The SMILES string of the molecule is CNCC(=CC(=O)O)NC. The third-order valence-corrected chi connectivity index (χ3v) is 0.986. The maximum atomic E-state index is 10.1. The normalized spacial score (nSPS) is 11.2. The molecule has 0 fully saturated rings. The number of likely N-dealkylation sites (N-methyl/N-ethyl adjacent to an activating group) is 2. The number of aliphatic carboxylic acids is 1. The fourth-order valence-corrected chi connectivity index (χ4v) is 0.551. The lowest BCUT2D eigenvalue weighted by molar-refractivity contribution is -0.131. The molecule has 0 aromatic carbocycles. The largest absolute Gasteiger partial charge is 0.478 e. The van der Waals surface area contributed by atoms with Gasteiger partial charge in [-0.2, -0.15) is 0 Å². The molecule has 0 aromatic rings. The van der Waals surface area contributed by atoms with E-state index in [0.717, 1.165) is 6.08 Å². The van der Waals surface area contributed by atoms with Crippen LogP contribution >= 0.6 is 0 Å². The molecule has 3 N–H and O–H groups in total. The highest BCUT2D eigenvalue weighted by Gasteiger charge is 1.94. The van der Waals surface area contributed by atoms with Crippen LogP contribution in [-0.2, 0) is 4.79 Å². The van der Waals surface area contributed by atoms with E-state index in [1.165, 1.54) is 0 Å². The molecule has 0 amide bonds. The highest BCUT2D eigenvalue weighted by molar-refractivity contribution is 5.80. The summed E-state index contributed by atoms with van der Waals surface area (Å²) in [6.07, 6.45) is 1.14. The van der Waals surface area contributed by atoms with Crippen molar-refractivity contribution in [1.29, 1.82) is 0 Å². The third kappa shape index (κ3) is 3.91. The van der Waals surface area contributed by atoms with Gasteiger partial charge in [-0.1, -0.05) is 0 Å². The minimum atomic E-state index is -0.931. The fourth-order valence-electron chi connectivity index (χ4n) is 0.551.